The topological polar surface area (TPSA) is 33.6 Å². The van der Waals surface area contributed by atoms with Crippen molar-refractivity contribution in [1.82, 2.24) is 5.43 Å². The van der Waals surface area contributed by atoms with Crippen molar-refractivity contribution >= 4 is 10.3 Å². The summed E-state index contributed by atoms with van der Waals surface area (Å²) in [7, 11) is 0. The summed E-state index contributed by atoms with van der Waals surface area (Å²) in [6.07, 6.45) is 3.72. The van der Waals surface area contributed by atoms with Crippen molar-refractivity contribution in [2.75, 3.05) is 6.54 Å². The number of rotatable bonds is 6. The van der Waals surface area contributed by atoms with Gasteiger partial charge in [0.15, 0.2) is 0 Å². The second-order valence-corrected chi connectivity index (χ2v) is 9.96. The monoisotopic (exact) mass is 440 g/mol. The normalized spacial score (nSPS) is 26.7. The van der Waals surface area contributed by atoms with Gasteiger partial charge < -0.3 is 0 Å². The van der Waals surface area contributed by atoms with Crippen LogP contribution in [0, 0.1) is 11.8 Å². The molecule has 158 valence electrons. The van der Waals surface area contributed by atoms with Crippen LogP contribution in [0.4, 0.5) is 0 Å². The number of hydrogen-bond donors (Lipinski definition) is 1. The van der Waals surface area contributed by atoms with Gasteiger partial charge in [-0.2, -0.15) is 0 Å². The van der Waals surface area contributed by atoms with E-state index in [2.05, 4.69) is 108 Å². The first-order chi connectivity index (χ1) is 14.5. The molecule has 0 spiro atoms. The molecule has 1 aliphatic carbocycles. The first kappa shape index (κ1) is 21.5. The van der Waals surface area contributed by atoms with Crippen LogP contribution in [0.25, 0.3) is 0 Å². The van der Waals surface area contributed by atoms with Crippen LogP contribution in [0.3, 0.4) is 0 Å². The van der Waals surface area contributed by atoms with Gasteiger partial charge in [-0.1, -0.05) is 0 Å². The van der Waals surface area contributed by atoms with Crippen molar-refractivity contribution < 1.29 is 20.6 Å². The average molecular weight is 441 g/mol. The molecular formula is C26H32CrN2O. The fraction of sp³-hybridized carbons (Fsp3) is 0.462. The Balaban J connectivity index is 1.54. The predicted molar refractivity (Wildman–Crippen MR) is 120 cm³/mol. The molecular weight excluding hydrogens is 408 g/mol. The number of hydrogen-bond acceptors (Lipinski definition) is 3. The van der Waals surface area contributed by atoms with Gasteiger partial charge in [0.2, 0.25) is 0 Å². The van der Waals surface area contributed by atoms with E-state index in [0.29, 0.717) is 11.8 Å². The Hall–Kier alpha value is -1.73. The Bertz CT molecular complexity index is 894. The van der Waals surface area contributed by atoms with E-state index < -0.39 is 0 Å². The van der Waals surface area contributed by atoms with Gasteiger partial charge in [-0.25, -0.2) is 0 Å². The van der Waals surface area contributed by atoms with E-state index in [1.54, 1.807) is 0 Å². The minimum atomic E-state index is 0.0565. The average Bonchev–Trinajstić information content (AvgIpc) is 3.25. The summed E-state index contributed by atoms with van der Waals surface area (Å²) in [5.41, 5.74) is 6.90. The molecule has 0 bridgehead atoms. The second kappa shape index (κ2) is 9.18. The van der Waals surface area contributed by atoms with E-state index in [9.17, 15) is 0 Å². The van der Waals surface area contributed by atoms with Crippen molar-refractivity contribution in [3.63, 3.8) is 0 Å². The zero-order valence-electron chi connectivity index (χ0n) is 18.2. The molecule has 0 radical (unpaired) electrons. The first-order valence-electron chi connectivity index (χ1n) is 11.1. The Morgan fingerprint density at radius 1 is 1.03 bits per heavy atom. The molecule has 4 heteroatoms. The van der Waals surface area contributed by atoms with Crippen molar-refractivity contribution in [3.05, 3.63) is 71.8 Å². The van der Waals surface area contributed by atoms with Crippen molar-refractivity contribution in [3.8, 4) is 0 Å². The molecule has 1 N–H and O–H groups in total. The Morgan fingerprint density at radius 2 is 1.70 bits per heavy atom. The van der Waals surface area contributed by atoms with Gasteiger partial charge in [0.25, 0.3) is 0 Å². The van der Waals surface area contributed by atoms with Gasteiger partial charge in [0.05, 0.1) is 0 Å². The van der Waals surface area contributed by atoms with Crippen LogP contribution in [0.5, 0.6) is 0 Å². The molecule has 0 unspecified atom stereocenters. The fourth-order valence-electron chi connectivity index (χ4n) is 5.11. The van der Waals surface area contributed by atoms with E-state index >= 15 is 0 Å². The maximum absolute atomic E-state index is 6.71. The summed E-state index contributed by atoms with van der Waals surface area (Å²) < 4.78 is 7.56. The summed E-state index contributed by atoms with van der Waals surface area (Å²) in [4.78, 5) is 0. The molecule has 4 atom stereocenters. The van der Waals surface area contributed by atoms with Crippen molar-refractivity contribution in [1.29, 1.82) is 0 Å². The number of ether oxygens (including phenoxy) is 1. The molecule has 1 heterocycles. The third-order valence-electron chi connectivity index (χ3n) is 6.99. The molecule has 1 fully saturated rings. The molecule has 4 rings (SSSR count). The van der Waals surface area contributed by atoms with Crippen LogP contribution >= 0.6 is 0 Å². The summed E-state index contributed by atoms with van der Waals surface area (Å²) in [5, 5.41) is 4.60. The summed E-state index contributed by atoms with van der Waals surface area (Å²) in [6, 6.07) is 21.5. The van der Waals surface area contributed by atoms with E-state index in [0.717, 1.165) is 23.2 Å². The Labute approximate surface area is 188 Å². The molecule has 2 aliphatic rings. The third-order valence-corrected chi connectivity index (χ3v) is 7.47. The van der Waals surface area contributed by atoms with E-state index in [4.69, 9.17) is 4.74 Å². The van der Waals surface area contributed by atoms with Gasteiger partial charge in [-0.3, -0.25) is 0 Å². The molecule has 0 amide bonds. The molecule has 1 saturated carbocycles. The van der Waals surface area contributed by atoms with E-state index in [-0.39, 0.29) is 17.4 Å². The van der Waals surface area contributed by atoms with Crippen LogP contribution in [0.1, 0.15) is 57.1 Å². The number of nitrogens with one attached hydrogen (secondary N) is 1. The molecule has 30 heavy (non-hydrogen) atoms. The van der Waals surface area contributed by atoms with Crippen LogP contribution in [0.15, 0.2) is 65.8 Å². The van der Waals surface area contributed by atoms with Crippen LogP contribution < -0.4 is 5.43 Å². The van der Waals surface area contributed by atoms with Gasteiger partial charge in [0.1, 0.15) is 0 Å². The Morgan fingerprint density at radius 3 is 2.40 bits per heavy atom. The second-order valence-electron chi connectivity index (χ2n) is 9.38. The van der Waals surface area contributed by atoms with Crippen molar-refractivity contribution in [2.24, 2.45) is 16.9 Å². The van der Waals surface area contributed by atoms with Crippen molar-refractivity contribution in [2.45, 2.75) is 57.5 Å². The zero-order valence-corrected chi connectivity index (χ0v) is 19.5. The van der Waals surface area contributed by atoms with Gasteiger partial charge in [0, 0.05) is 0 Å². The third kappa shape index (κ3) is 4.47. The summed E-state index contributed by atoms with van der Waals surface area (Å²) >= 11 is 3.22. The summed E-state index contributed by atoms with van der Waals surface area (Å²) in [5.74, 6) is 1.37. The molecule has 3 nitrogen and oxygen atoms in total. The molecule has 2 aromatic rings. The molecule has 2 aromatic carbocycles. The molecule has 1 aliphatic heterocycles. The standard InChI is InChI=1S/C26H32N2O.Cr/c1-19-14-15-23(26(2,3)21-12-8-5-9-13-21)25(16-19)29-18-24-22(17-27-28-24)20-10-6-4-7-11-20;/h4-13,19,22-23,25,27H,14-17H2,1-3H3;/t19-,22-,23-,25-;/m1./s1. The number of nitrogens with zero attached hydrogens (tertiary/aromatic N) is 1. The number of hydrazone groups is 1. The predicted octanol–water partition coefficient (Wildman–Crippen LogP) is 5.21. The van der Waals surface area contributed by atoms with Crippen LogP contribution in [-0.2, 0) is 26.0 Å². The quantitative estimate of drug-likeness (QED) is 0.669. The molecule has 0 saturated heterocycles. The SMILES string of the molecule is C[C@@H]1CC[C@@H](C(C)(C)c2ccccc2)[C@H](O[C](=[Cr])C2=NNC[C@@H]2c2ccccc2)C1. The zero-order chi connectivity index (χ0) is 21.1. The summed E-state index contributed by atoms with van der Waals surface area (Å²) in [6.45, 7) is 7.91. The van der Waals surface area contributed by atoms with Gasteiger partial charge in [-0.05, 0) is 0 Å². The Kier molecular flexibility index (Phi) is 6.58. The van der Waals surface area contributed by atoms with Crippen LogP contribution in [0.2, 0.25) is 0 Å². The number of benzene rings is 2. The van der Waals surface area contributed by atoms with E-state index in [1.165, 1.54) is 24.0 Å². The molecule has 0 aromatic heterocycles. The van der Waals surface area contributed by atoms with E-state index in [1.807, 2.05) is 0 Å². The van der Waals surface area contributed by atoms with Gasteiger partial charge in [-0.15, -0.1) is 0 Å². The van der Waals surface area contributed by atoms with Crippen LogP contribution in [-0.4, -0.2) is 22.9 Å². The maximum atomic E-state index is 6.71. The fourth-order valence-corrected chi connectivity index (χ4v) is 5.60. The first-order valence-corrected chi connectivity index (χ1v) is 11.7. The van der Waals surface area contributed by atoms with Gasteiger partial charge >= 0.3 is 189 Å². The minimum absolute atomic E-state index is 0.0565.